The Labute approximate surface area is 159 Å². The number of benzene rings is 3. The van der Waals surface area contributed by atoms with Crippen LogP contribution in [0.3, 0.4) is 0 Å². The van der Waals surface area contributed by atoms with Gasteiger partial charge in [0.05, 0.1) is 4.90 Å². The molecule has 27 heavy (non-hydrogen) atoms. The zero-order valence-corrected chi connectivity index (χ0v) is 16.1. The van der Waals surface area contributed by atoms with E-state index >= 15 is 0 Å². The zero-order chi connectivity index (χ0) is 19.4. The van der Waals surface area contributed by atoms with E-state index in [2.05, 4.69) is 10.0 Å². The van der Waals surface area contributed by atoms with E-state index < -0.39 is 10.0 Å². The molecule has 140 valence electrons. The Kier molecular flexibility index (Phi) is 5.58. The van der Waals surface area contributed by atoms with Gasteiger partial charge in [0.25, 0.3) is 5.91 Å². The van der Waals surface area contributed by atoms with Crippen molar-refractivity contribution < 1.29 is 13.2 Å². The first-order valence-electron chi connectivity index (χ1n) is 8.82. The van der Waals surface area contributed by atoms with Crippen LogP contribution in [0.15, 0.2) is 71.6 Å². The highest BCUT2D eigenvalue weighted by Gasteiger charge is 2.17. The maximum atomic E-state index is 12.6. The minimum Gasteiger partial charge on any atom is -0.321 e. The second kappa shape index (κ2) is 7.90. The Morgan fingerprint density at radius 1 is 0.963 bits per heavy atom. The number of sulfonamides is 1. The highest BCUT2D eigenvalue weighted by atomic mass is 32.2. The summed E-state index contributed by atoms with van der Waals surface area (Å²) in [6.07, 6.45) is 0.699. The molecular formula is C21H22N2O3S. The van der Waals surface area contributed by atoms with Crippen molar-refractivity contribution in [1.29, 1.82) is 0 Å². The molecule has 1 atom stereocenters. The summed E-state index contributed by atoms with van der Waals surface area (Å²) in [7, 11) is -3.58. The number of hydrogen-bond donors (Lipinski definition) is 2. The van der Waals surface area contributed by atoms with Gasteiger partial charge in [0.15, 0.2) is 0 Å². The van der Waals surface area contributed by atoms with Gasteiger partial charge in [-0.25, -0.2) is 13.1 Å². The van der Waals surface area contributed by atoms with Gasteiger partial charge in [0.1, 0.15) is 0 Å². The van der Waals surface area contributed by atoms with Gasteiger partial charge < -0.3 is 5.32 Å². The maximum absolute atomic E-state index is 12.6. The van der Waals surface area contributed by atoms with Gasteiger partial charge in [0, 0.05) is 22.7 Å². The number of amides is 1. The smallest absolute Gasteiger partial charge is 0.255 e. The van der Waals surface area contributed by atoms with Gasteiger partial charge in [-0.15, -0.1) is 0 Å². The van der Waals surface area contributed by atoms with Crippen LogP contribution in [-0.4, -0.2) is 20.4 Å². The zero-order valence-electron chi connectivity index (χ0n) is 15.3. The fraction of sp³-hybridized carbons (Fsp3) is 0.190. The summed E-state index contributed by atoms with van der Waals surface area (Å²) >= 11 is 0. The molecule has 3 aromatic rings. The minimum atomic E-state index is -3.58. The predicted octanol–water partition coefficient (Wildman–Crippen LogP) is 4.17. The van der Waals surface area contributed by atoms with Crippen molar-refractivity contribution in [3.05, 3.63) is 72.3 Å². The normalized spacial score (nSPS) is 12.7. The summed E-state index contributed by atoms with van der Waals surface area (Å²) in [6, 6.07) is 19.3. The van der Waals surface area contributed by atoms with Gasteiger partial charge in [-0.3, -0.25) is 4.79 Å². The number of anilines is 1. The molecule has 5 nitrogen and oxygen atoms in total. The van der Waals surface area contributed by atoms with Crippen molar-refractivity contribution in [2.75, 3.05) is 5.32 Å². The van der Waals surface area contributed by atoms with Gasteiger partial charge >= 0.3 is 0 Å². The Balaban J connectivity index is 1.80. The van der Waals surface area contributed by atoms with E-state index in [-0.39, 0.29) is 16.8 Å². The molecule has 0 aromatic heterocycles. The quantitative estimate of drug-likeness (QED) is 0.672. The Hall–Kier alpha value is -2.70. The number of fused-ring (bicyclic) bond motifs is 1. The number of carbonyl (C=O) groups excluding carboxylic acids is 1. The summed E-state index contributed by atoms with van der Waals surface area (Å²) in [6.45, 7) is 3.72. The van der Waals surface area contributed by atoms with Gasteiger partial charge in [-0.2, -0.15) is 0 Å². The Morgan fingerprint density at radius 3 is 2.33 bits per heavy atom. The largest absolute Gasteiger partial charge is 0.321 e. The average Bonchev–Trinajstić information content (AvgIpc) is 2.68. The van der Waals surface area contributed by atoms with E-state index in [1.807, 2.05) is 56.3 Å². The van der Waals surface area contributed by atoms with Crippen LogP contribution in [0.25, 0.3) is 10.8 Å². The van der Waals surface area contributed by atoms with Crippen LogP contribution in [0.1, 0.15) is 30.6 Å². The molecule has 0 saturated heterocycles. The topological polar surface area (TPSA) is 75.3 Å². The second-order valence-electron chi connectivity index (χ2n) is 6.44. The maximum Gasteiger partial charge on any atom is 0.255 e. The SMILES string of the molecule is CC[C@H](C)NS(=O)(=O)c1ccc(C(=O)Nc2cccc3ccccc23)cc1. The van der Waals surface area contributed by atoms with Crippen molar-refractivity contribution in [3.8, 4) is 0 Å². The first-order valence-corrected chi connectivity index (χ1v) is 10.3. The van der Waals surface area contributed by atoms with E-state index in [0.717, 1.165) is 10.8 Å². The molecule has 0 radical (unpaired) electrons. The average molecular weight is 382 g/mol. The van der Waals surface area contributed by atoms with Crippen molar-refractivity contribution >= 4 is 32.4 Å². The van der Waals surface area contributed by atoms with Crippen LogP contribution in [-0.2, 0) is 10.0 Å². The first kappa shape index (κ1) is 19.1. The van der Waals surface area contributed by atoms with Crippen LogP contribution >= 0.6 is 0 Å². The van der Waals surface area contributed by atoms with E-state index in [1.165, 1.54) is 24.3 Å². The summed E-state index contributed by atoms with van der Waals surface area (Å²) in [4.78, 5) is 12.7. The third-order valence-corrected chi connectivity index (χ3v) is 6.04. The predicted molar refractivity (Wildman–Crippen MR) is 108 cm³/mol. The summed E-state index contributed by atoms with van der Waals surface area (Å²) < 4.78 is 27.2. The van der Waals surface area contributed by atoms with E-state index in [1.54, 1.807) is 0 Å². The molecule has 0 aliphatic rings. The van der Waals surface area contributed by atoms with E-state index in [0.29, 0.717) is 17.7 Å². The van der Waals surface area contributed by atoms with Gasteiger partial charge in [-0.1, -0.05) is 43.3 Å². The molecule has 0 fully saturated rings. The first-order chi connectivity index (χ1) is 12.9. The molecule has 0 saturated carbocycles. The third-order valence-electron chi connectivity index (χ3n) is 4.43. The molecule has 0 spiro atoms. The fourth-order valence-electron chi connectivity index (χ4n) is 2.73. The van der Waals surface area contributed by atoms with E-state index in [4.69, 9.17) is 0 Å². The van der Waals surface area contributed by atoms with Crippen molar-refractivity contribution in [1.82, 2.24) is 4.72 Å². The lowest BCUT2D eigenvalue weighted by Gasteiger charge is -2.12. The molecule has 6 heteroatoms. The summed E-state index contributed by atoms with van der Waals surface area (Å²) in [5, 5.41) is 4.88. The molecule has 0 aliphatic carbocycles. The van der Waals surface area contributed by atoms with Crippen LogP contribution in [0.4, 0.5) is 5.69 Å². The number of nitrogens with one attached hydrogen (secondary N) is 2. The number of carbonyl (C=O) groups is 1. The molecule has 1 amide bonds. The van der Waals surface area contributed by atoms with Crippen LogP contribution in [0, 0.1) is 0 Å². The van der Waals surface area contributed by atoms with Crippen molar-refractivity contribution in [3.63, 3.8) is 0 Å². The van der Waals surface area contributed by atoms with E-state index in [9.17, 15) is 13.2 Å². The fourth-order valence-corrected chi connectivity index (χ4v) is 4.06. The highest BCUT2D eigenvalue weighted by Crippen LogP contribution is 2.23. The molecule has 0 aliphatic heterocycles. The van der Waals surface area contributed by atoms with Crippen molar-refractivity contribution in [2.24, 2.45) is 0 Å². The molecule has 0 heterocycles. The second-order valence-corrected chi connectivity index (χ2v) is 8.15. The standard InChI is InChI=1S/C21H22N2O3S/c1-3-15(2)23-27(25,26)18-13-11-17(12-14-18)21(24)22-20-10-6-8-16-7-4-5-9-19(16)20/h4-15,23H,3H2,1-2H3,(H,22,24)/t15-/m0/s1. The number of hydrogen-bond acceptors (Lipinski definition) is 3. The Morgan fingerprint density at radius 2 is 1.63 bits per heavy atom. The third kappa shape index (κ3) is 4.35. The lowest BCUT2D eigenvalue weighted by Crippen LogP contribution is -2.32. The molecule has 3 rings (SSSR count). The number of rotatable bonds is 6. The molecule has 2 N–H and O–H groups in total. The molecule has 3 aromatic carbocycles. The lowest BCUT2D eigenvalue weighted by molar-refractivity contribution is 0.102. The monoisotopic (exact) mass is 382 g/mol. The Bertz CT molecular complexity index is 1050. The molecular weight excluding hydrogens is 360 g/mol. The van der Waals surface area contributed by atoms with Crippen molar-refractivity contribution in [2.45, 2.75) is 31.2 Å². The summed E-state index contributed by atoms with van der Waals surface area (Å²) in [5.74, 6) is -0.287. The minimum absolute atomic E-state index is 0.143. The molecule has 0 unspecified atom stereocenters. The van der Waals surface area contributed by atoms with Gasteiger partial charge in [0.2, 0.25) is 10.0 Å². The van der Waals surface area contributed by atoms with Crippen LogP contribution in [0.5, 0.6) is 0 Å². The summed E-state index contributed by atoms with van der Waals surface area (Å²) in [5.41, 5.74) is 1.11. The van der Waals surface area contributed by atoms with Crippen LogP contribution < -0.4 is 10.0 Å². The van der Waals surface area contributed by atoms with Gasteiger partial charge in [-0.05, 0) is 49.1 Å². The highest BCUT2D eigenvalue weighted by molar-refractivity contribution is 7.89. The lowest BCUT2D eigenvalue weighted by atomic mass is 10.1. The van der Waals surface area contributed by atoms with Crippen LogP contribution in [0.2, 0.25) is 0 Å². The molecule has 0 bridgehead atoms.